The van der Waals surface area contributed by atoms with Gasteiger partial charge in [0.1, 0.15) is 17.1 Å². The fourth-order valence-corrected chi connectivity index (χ4v) is 2.52. The van der Waals surface area contributed by atoms with Gasteiger partial charge in [0.05, 0.1) is 17.3 Å². The molecule has 0 spiro atoms. The van der Waals surface area contributed by atoms with Crippen molar-refractivity contribution < 1.29 is 5.11 Å². The van der Waals surface area contributed by atoms with Crippen LogP contribution in [0.2, 0.25) is 5.02 Å². The number of phenols is 1. The third-order valence-electron chi connectivity index (χ3n) is 3.21. The van der Waals surface area contributed by atoms with E-state index in [9.17, 15) is 5.11 Å². The normalized spacial score (nSPS) is 11.4. The molecule has 20 heavy (non-hydrogen) atoms. The van der Waals surface area contributed by atoms with E-state index in [0.717, 1.165) is 16.9 Å². The molecule has 0 radical (unpaired) electrons. The molecule has 3 aromatic rings. The minimum absolute atomic E-state index is 0.127. The quantitative estimate of drug-likeness (QED) is 0.774. The summed E-state index contributed by atoms with van der Waals surface area (Å²) in [7, 11) is 0. The fraction of sp³-hybridized carbons (Fsp3) is 0.200. The van der Waals surface area contributed by atoms with E-state index in [2.05, 4.69) is 28.4 Å². The van der Waals surface area contributed by atoms with Gasteiger partial charge in [-0.1, -0.05) is 11.6 Å². The van der Waals surface area contributed by atoms with Crippen LogP contribution in [0.5, 0.6) is 5.75 Å². The van der Waals surface area contributed by atoms with Gasteiger partial charge in [-0.2, -0.15) is 0 Å². The minimum Gasteiger partial charge on any atom is -0.507 e. The van der Waals surface area contributed by atoms with Gasteiger partial charge >= 0.3 is 0 Å². The Morgan fingerprint density at radius 3 is 2.75 bits per heavy atom. The number of imidazole rings is 1. The van der Waals surface area contributed by atoms with E-state index in [4.69, 9.17) is 11.6 Å². The SMILES string of the molecule is CC(C)n1c(-c2ccc(Cl)cc2O)nc2cnccc21. The zero-order valence-electron chi connectivity index (χ0n) is 11.2. The maximum Gasteiger partial charge on any atom is 0.145 e. The predicted molar refractivity (Wildman–Crippen MR) is 80.0 cm³/mol. The van der Waals surface area contributed by atoms with Crippen molar-refractivity contribution >= 4 is 22.6 Å². The maximum atomic E-state index is 10.1. The Morgan fingerprint density at radius 2 is 2.05 bits per heavy atom. The Hall–Kier alpha value is -2.07. The van der Waals surface area contributed by atoms with Crippen LogP contribution in [0, 0.1) is 0 Å². The van der Waals surface area contributed by atoms with Crippen molar-refractivity contribution in [2.45, 2.75) is 19.9 Å². The lowest BCUT2D eigenvalue weighted by Crippen LogP contribution is -2.03. The summed E-state index contributed by atoms with van der Waals surface area (Å²) >= 11 is 5.89. The van der Waals surface area contributed by atoms with Gasteiger partial charge in [0.25, 0.3) is 0 Å². The second-order valence-corrected chi connectivity index (χ2v) is 5.36. The zero-order chi connectivity index (χ0) is 14.3. The summed E-state index contributed by atoms with van der Waals surface area (Å²) in [5.41, 5.74) is 2.48. The number of nitrogens with zero attached hydrogens (tertiary/aromatic N) is 3. The first-order chi connectivity index (χ1) is 9.58. The summed E-state index contributed by atoms with van der Waals surface area (Å²) < 4.78 is 2.08. The molecule has 3 rings (SSSR count). The van der Waals surface area contributed by atoms with Crippen LogP contribution in [0.25, 0.3) is 22.4 Å². The number of pyridine rings is 1. The third-order valence-corrected chi connectivity index (χ3v) is 3.44. The molecular weight excluding hydrogens is 274 g/mol. The van der Waals surface area contributed by atoms with Gasteiger partial charge < -0.3 is 9.67 Å². The second kappa shape index (κ2) is 4.80. The Labute approximate surface area is 121 Å². The van der Waals surface area contributed by atoms with E-state index >= 15 is 0 Å². The number of hydrogen-bond donors (Lipinski definition) is 1. The van der Waals surface area contributed by atoms with Gasteiger partial charge in [0.15, 0.2) is 0 Å². The first-order valence-electron chi connectivity index (χ1n) is 6.39. The summed E-state index contributed by atoms with van der Waals surface area (Å²) in [4.78, 5) is 8.69. The summed E-state index contributed by atoms with van der Waals surface area (Å²) in [5.74, 6) is 0.847. The van der Waals surface area contributed by atoms with Crippen molar-refractivity contribution in [3.05, 3.63) is 41.7 Å². The summed E-state index contributed by atoms with van der Waals surface area (Å²) in [6.45, 7) is 4.16. The lowest BCUT2D eigenvalue weighted by atomic mass is 10.2. The van der Waals surface area contributed by atoms with Crippen molar-refractivity contribution in [1.82, 2.24) is 14.5 Å². The minimum atomic E-state index is 0.127. The first kappa shape index (κ1) is 12.9. The molecule has 5 heteroatoms. The van der Waals surface area contributed by atoms with Crippen LogP contribution in [-0.4, -0.2) is 19.6 Å². The standard InChI is InChI=1S/C15H14ClN3O/c1-9(2)19-13-5-6-17-8-12(13)18-15(19)11-4-3-10(16)7-14(11)20/h3-9,20H,1-2H3. The van der Waals surface area contributed by atoms with Crippen LogP contribution in [-0.2, 0) is 0 Å². The first-order valence-corrected chi connectivity index (χ1v) is 6.76. The molecule has 2 heterocycles. The van der Waals surface area contributed by atoms with Crippen LogP contribution < -0.4 is 0 Å². The number of hydrogen-bond acceptors (Lipinski definition) is 3. The molecule has 0 aliphatic rings. The van der Waals surface area contributed by atoms with E-state index in [1.807, 2.05) is 6.07 Å². The lowest BCUT2D eigenvalue weighted by Gasteiger charge is -2.13. The van der Waals surface area contributed by atoms with Crippen molar-refractivity contribution in [2.75, 3.05) is 0 Å². The van der Waals surface area contributed by atoms with E-state index in [1.165, 1.54) is 6.07 Å². The second-order valence-electron chi connectivity index (χ2n) is 4.93. The molecule has 0 aliphatic carbocycles. The van der Waals surface area contributed by atoms with Crippen LogP contribution in [0.15, 0.2) is 36.7 Å². The molecule has 0 saturated carbocycles. The molecule has 0 fully saturated rings. The van der Waals surface area contributed by atoms with Gasteiger partial charge in [-0.15, -0.1) is 0 Å². The number of benzene rings is 1. The van der Waals surface area contributed by atoms with Crippen LogP contribution in [0.3, 0.4) is 0 Å². The smallest absolute Gasteiger partial charge is 0.145 e. The van der Waals surface area contributed by atoms with Gasteiger partial charge in [0, 0.05) is 17.3 Å². The maximum absolute atomic E-state index is 10.1. The molecule has 2 aromatic heterocycles. The third kappa shape index (κ3) is 2.02. The molecule has 1 aromatic carbocycles. The average molecular weight is 288 g/mol. The molecule has 0 bridgehead atoms. The van der Waals surface area contributed by atoms with E-state index in [-0.39, 0.29) is 11.8 Å². The van der Waals surface area contributed by atoms with Crippen LogP contribution >= 0.6 is 11.6 Å². The molecule has 0 atom stereocenters. The Morgan fingerprint density at radius 1 is 1.25 bits per heavy atom. The molecule has 4 nitrogen and oxygen atoms in total. The Bertz CT molecular complexity index is 780. The highest BCUT2D eigenvalue weighted by Crippen LogP contribution is 2.34. The number of phenolic OH excluding ortho intramolecular Hbond substituents is 1. The van der Waals surface area contributed by atoms with Crippen molar-refractivity contribution in [2.24, 2.45) is 0 Å². The average Bonchev–Trinajstić information content (AvgIpc) is 2.77. The number of rotatable bonds is 2. The van der Waals surface area contributed by atoms with Crippen molar-refractivity contribution in [3.8, 4) is 17.1 Å². The summed E-state index contributed by atoms with van der Waals surface area (Å²) in [6.07, 6.45) is 3.47. The van der Waals surface area contributed by atoms with Gasteiger partial charge in [0.2, 0.25) is 0 Å². The topological polar surface area (TPSA) is 50.9 Å². The van der Waals surface area contributed by atoms with E-state index < -0.39 is 0 Å². The highest BCUT2D eigenvalue weighted by Gasteiger charge is 2.17. The van der Waals surface area contributed by atoms with Gasteiger partial charge in [-0.05, 0) is 38.1 Å². The molecule has 102 valence electrons. The fourth-order valence-electron chi connectivity index (χ4n) is 2.36. The highest BCUT2D eigenvalue weighted by molar-refractivity contribution is 6.30. The number of aromatic nitrogens is 3. The lowest BCUT2D eigenvalue weighted by molar-refractivity contribution is 0.476. The Kier molecular flexibility index (Phi) is 3.10. The van der Waals surface area contributed by atoms with Gasteiger partial charge in [-0.3, -0.25) is 4.98 Å². The highest BCUT2D eigenvalue weighted by atomic mass is 35.5. The van der Waals surface area contributed by atoms with Crippen LogP contribution in [0.4, 0.5) is 0 Å². The number of aromatic hydroxyl groups is 1. The largest absolute Gasteiger partial charge is 0.507 e. The molecule has 0 aliphatic heterocycles. The number of fused-ring (bicyclic) bond motifs is 1. The van der Waals surface area contributed by atoms with Crippen LogP contribution in [0.1, 0.15) is 19.9 Å². The zero-order valence-corrected chi connectivity index (χ0v) is 12.0. The van der Waals surface area contributed by atoms with E-state index in [1.54, 1.807) is 24.5 Å². The summed E-state index contributed by atoms with van der Waals surface area (Å²) in [6, 6.07) is 7.20. The predicted octanol–water partition coefficient (Wildman–Crippen LogP) is 4.04. The molecule has 0 amide bonds. The van der Waals surface area contributed by atoms with E-state index in [0.29, 0.717) is 10.6 Å². The molecular formula is C15H14ClN3O. The van der Waals surface area contributed by atoms with Crippen molar-refractivity contribution in [1.29, 1.82) is 0 Å². The molecule has 1 N–H and O–H groups in total. The van der Waals surface area contributed by atoms with Crippen molar-refractivity contribution in [3.63, 3.8) is 0 Å². The Balaban J connectivity index is 2.32. The molecule has 0 unspecified atom stereocenters. The summed E-state index contributed by atoms with van der Waals surface area (Å²) in [5, 5.41) is 10.6. The van der Waals surface area contributed by atoms with Gasteiger partial charge in [-0.25, -0.2) is 4.98 Å². The number of halogens is 1. The molecule has 0 saturated heterocycles. The monoisotopic (exact) mass is 287 g/mol.